The van der Waals surface area contributed by atoms with E-state index in [9.17, 15) is 26.3 Å². The number of rotatable bonds is 2. The van der Waals surface area contributed by atoms with Crippen molar-refractivity contribution in [2.45, 2.75) is 12.4 Å². The number of halogens is 6. The van der Waals surface area contributed by atoms with Gasteiger partial charge in [0.2, 0.25) is 0 Å². The molecule has 0 bridgehead atoms. The molecule has 0 aromatic heterocycles. The molecule has 0 aliphatic rings. The van der Waals surface area contributed by atoms with Gasteiger partial charge in [-0.2, -0.15) is 26.3 Å². The van der Waals surface area contributed by atoms with E-state index in [-0.39, 0.29) is 22.5 Å². The molecule has 0 aliphatic carbocycles. The van der Waals surface area contributed by atoms with Crippen LogP contribution in [0.5, 0.6) is 0 Å². The molecule has 8 N–H and O–H groups in total. The van der Waals surface area contributed by atoms with Crippen molar-refractivity contribution < 1.29 is 26.3 Å². The molecule has 0 amide bonds. The second-order valence-electron chi connectivity index (χ2n) is 6.50. The second kappa shape index (κ2) is 7.05. The first kappa shape index (κ1) is 21.2. The third kappa shape index (κ3) is 3.44. The van der Waals surface area contributed by atoms with Crippen LogP contribution < -0.4 is 22.9 Å². The average molecular weight is 426 g/mol. The summed E-state index contributed by atoms with van der Waals surface area (Å²) in [6, 6.07) is 10.4. The maximum absolute atomic E-state index is 14.2. The number of benzene rings is 3. The van der Waals surface area contributed by atoms with Crippen LogP contribution in [-0.2, 0) is 12.4 Å². The van der Waals surface area contributed by atoms with Crippen LogP contribution in [-0.4, -0.2) is 0 Å². The Labute approximate surface area is 167 Å². The predicted molar refractivity (Wildman–Crippen MR) is 105 cm³/mol. The molecule has 0 fully saturated rings. The highest BCUT2D eigenvalue weighted by Crippen LogP contribution is 2.54. The van der Waals surface area contributed by atoms with Crippen LogP contribution in [0.15, 0.2) is 48.5 Å². The largest absolute Gasteiger partial charge is 0.420 e. The van der Waals surface area contributed by atoms with Crippen LogP contribution in [0.1, 0.15) is 11.1 Å². The zero-order valence-corrected chi connectivity index (χ0v) is 15.2. The zero-order chi connectivity index (χ0) is 22.4. The van der Waals surface area contributed by atoms with Crippen LogP contribution in [0.3, 0.4) is 0 Å². The summed E-state index contributed by atoms with van der Waals surface area (Å²) in [6.45, 7) is 0. The lowest BCUT2D eigenvalue weighted by atomic mass is 9.85. The summed E-state index contributed by atoms with van der Waals surface area (Å²) in [5.41, 5.74) is 14.8. The summed E-state index contributed by atoms with van der Waals surface area (Å²) in [4.78, 5) is 0. The molecule has 0 spiro atoms. The van der Waals surface area contributed by atoms with E-state index in [1.165, 1.54) is 42.5 Å². The highest BCUT2D eigenvalue weighted by atomic mass is 19.4. The topological polar surface area (TPSA) is 104 Å². The van der Waals surface area contributed by atoms with Crippen molar-refractivity contribution in [1.82, 2.24) is 0 Å². The number of nitrogens with two attached hydrogens (primary N) is 4. The SMILES string of the molecule is Nc1cccc(-c2c(N)c(C(F)(F)F)c(N)c(-c3ccccc3)c2C(F)(F)F)c1N. The number of para-hydroxylation sites is 1. The highest BCUT2D eigenvalue weighted by Gasteiger charge is 2.45. The van der Waals surface area contributed by atoms with Gasteiger partial charge in [0.25, 0.3) is 0 Å². The molecule has 3 aromatic carbocycles. The van der Waals surface area contributed by atoms with Gasteiger partial charge in [-0.05, 0) is 11.6 Å². The summed E-state index contributed by atoms with van der Waals surface area (Å²) < 4.78 is 84.1. The molecule has 0 unspecified atom stereocenters. The molecule has 158 valence electrons. The molecule has 0 atom stereocenters. The third-order valence-electron chi connectivity index (χ3n) is 4.62. The van der Waals surface area contributed by atoms with Crippen LogP contribution in [0, 0.1) is 0 Å². The number of hydrogen-bond donors (Lipinski definition) is 4. The standard InChI is InChI=1S/C20H16F6N4/c21-19(22,23)14-12(9-5-2-1-3-6-9)17(29)15(20(24,25)26)18(30)13(14)10-7-4-8-11(27)16(10)28/h1-8H,27-30H2. The van der Waals surface area contributed by atoms with Gasteiger partial charge in [0.15, 0.2) is 0 Å². The second-order valence-corrected chi connectivity index (χ2v) is 6.50. The molecule has 0 saturated heterocycles. The summed E-state index contributed by atoms with van der Waals surface area (Å²) in [5.74, 6) is 0. The zero-order valence-electron chi connectivity index (χ0n) is 15.2. The fourth-order valence-electron chi connectivity index (χ4n) is 3.36. The lowest BCUT2D eigenvalue weighted by Crippen LogP contribution is -2.20. The fourth-order valence-corrected chi connectivity index (χ4v) is 3.36. The van der Waals surface area contributed by atoms with Crippen LogP contribution >= 0.6 is 0 Å². The van der Waals surface area contributed by atoms with Crippen molar-refractivity contribution >= 4 is 22.7 Å². The van der Waals surface area contributed by atoms with E-state index in [1.54, 1.807) is 0 Å². The highest BCUT2D eigenvalue weighted by molar-refractivity contribution is 6.00. The number of anilines is 4. The minimum Gasteiger partial charge on any atom is -0.398 e. The lowest BCUT2D eigenvalue weighted by Gasteiger charge is -2.26. The Kier molecular flexibility index (Phi) is 4.97. The van der Waals surface area contributed by atoms with Crippen LogP contribution in [0.25, 0.3) is 22.3 Å². The van der Waals surface area contributed by atoms with E-state index in [4.69, 9.17) is 22.9 Å². The van der Waals surface area contributed by atoms with Gasteiger partial charge < -0.3 is 22.9 Å². The number of nitrogen functional groups attached to an aromatic ring is 4. The van der Waals surface area contributed by atoms with Gasteiger partial charge in [0.05, 0.1) is 28.3 Å². The molecular formula is C20H16F6N4. The van der Waals surface area contributed by atoms with Gasteiger partial charge in [-0.3, -0.25) is 0 Å². The minimum atomic E-state index is -5.12. The summed E-state index contributed by atoms with van der Waals surface area (Å²) in [7, 11) is 0. The monoisotopic (exact) mass is 426 g/mol. The lowest BCUT2D eigenvalue weighted by molar-refractivity contribution is -0.139. The van der Waals surface area contributed by atoms with E-state index >= 15 is 0 Å². The van der Waals surface area contributed by atoms with Crippen LogP contribution in [0.2, 0.25) is 0 Å². The van der Waals surface area contributed by atoms with Crippen molar-refractivity contribution in [3.63, 3.8) is 0 Å². The Balaban J connectivity index is 2.64. The number of alkyl halides is 6. The molecule has 0 aliphatic heterocycles. The van der Waals surface area contributed by atoms with Gasteiger partial charge in [0, 0.05) is 16.7 Å². The first-order chi connectivity index (χ1) is 13.9. The average Bonchev–Trinajstić information content (AvgIpc) is 2.63. The van der Waals surface area contributed by atoms with E-state index in [2.05, 4.69) is 0 Å². The molecule has 0 radical (unpaired) electrons. The normalized spacial score (nSPS) is 12.2. The van der Waals surface area contributed by atoms with E-state index in [1.807, 2.05) is 0 Å². The Morgan fingerprint density at radius 3 is 1.60 bits per heavy atom. The van der Waals surface area contributed by atoms with E-state index in [0.717, 1.165) is 6.07 Å². The van der Waals surface area contributed by atoms with Crippen molar-refractivity contribution in [2.24, 2.45) is 0 Å². The van der Waals surface area contributed by atoms with Gasteiger partial charge in [-0.1, -0.05) is 42.5 Å². The molecule has 3 aromatic rings. The van der Waals surface area contributed by atoms with Crippen molar-refractivity contribution in [2.75, 3.05) is 22.9 Å². The van der Waals surface area contributed by atoms with Crippen molar-refractivity contribution in [1.29, 1.82) is 0 Å². The molecule has 10 heteroatoms. The van der Waals surface area contributed by atoms with Gasteiger partial charge in [-0.25, -0.2) is 0 Å². The first-order valence-electron chi connectivity index (χ1n) is 8.44. The molecule has 3 rings (SSSR count). The molecule has 0 saturated carbocycles. The van der Waals surface area contributed by atoms with Gasteiger partial charge in [-0.15, -0.1) is 0 Å². The van der Waals surface area contributed by atoms with E-state index < -0.39 is 46.0 Å². The van der Waals surface area contributed by atoms with Crippen molar-refractivity contribution in [3.05, 3.63) is 59.7 Å². The Morgan fingerprint density at radius 2 is 1.07 bits per heavy atom. The van der Waals surface area contributed by atoms with Crippen LogP contribution in [0.4, 0.5) is 49.1 Å². The minimum absolute atomic E-state index is 0.105. The maximum atomic E-state index is 14.2. The first-order valence-corrected chi connectivity index (χ1v) is 8.44. The fraction of sp³-hybridized carbons (Fsp3) is 0.100. The summed E-state index contributed by atoms with van der Waals surface area (Å²) in [6.07, 6.45) is -10.2. The van der Waals surface area contributed by atoms with Crippen molar-refractivity contribution in [3.8, 4) is 22.3 Å². The Morgan fingerprint density at radius 1 is 0.533 bits per heavy atom. The number of hydrogen-bond acceptors (Lipinski definition) is 4. The Bertz CT molecular complexity index is 1110. The van der Waals surface area contributed by atoms with Gasteiger partial charge >= 0.3 is 12.4 Å². The predicted octanol–water partition coefficient (Wildman–Crippen LogP) is 5.39. The van der Waals surface area contributed by atoms with E-state index in [0.29, 0.717) is 0 Å². The Hall–Kier alpha value is -3.56. The molecule has 30 heavy (non-hydrogen) atoms. The smallest absolute Gasteiger partial charge is 0.398 e. The molecule has 0 heterocycles. The third-order valence-corrected chi connectivity index (χ3v) is 4.62. The summed E-state index contributed by atoms with van der Waals surface area (Å²) in [5, 5.41) is 0. The quantitative estimate of drug-likeness (QED) is 0.326. The molecule has 4 nitrogen and oxygen atoms in total. The van der Waals surface area contributed by atoms with Gasteiger partial charge in [0.1, 0.15) is 5.56 Å². The maximum Gasteiger partial charge on any atom is 0.420 e. The summed E-state index contributed by atoms with van der Waals surface area (Å²) >= 11 is 0. The molecular weight excluding hydrogens is 410 g/mol.